The molecule has 7 aromatic carbocycles. The van der Waals surface area contributed by atoms with Gasteiger partial charge in [0, 0.05) is 27.5 Å². The first-order chi connectivity index (χ1) is 28.0. The Bertz CT molecular complexity index is 2780. The van der Waals surface area contributed by atoms with Crippen molar-refractivity contribution in [2.75, 3.05) is 0 Å². The molecule has 3 aliphatic rings. The van der Waals surface area contributed by atoms with Gasteiger partial charge in [0.05, 0.1) is 11.4 Å². The van der Waals surface area contributed by atoms with E-state index in [0.717, 1.165) is 39.5 Å². The van der Waals surface area contributed by atoms with E-state index in [-0.39, 0.29) is 10.8 Å². The van der Waals surface area contributed by atoms with Crippen LogP contribution < -0.4 is 0 Å². The molecule has 11 rings (SSSR count). The molecule has 274 valence electrons. The molecule has 1 fully saturated rings. The van der Waals surface area contributed by atoms with Crippen LogP contribution in [0.15, 0.2) is 170 Å². The van der Waals surface area contributed by atoms with Gasteiger partial charge in [0.15, 0.2) is 5.82 Å². The Morgan fingerprint density at radius 3 is 1.58 bits per heavy atom. The molecule has 1 spiro atoms. The van der Waals surface area contributed by atoms with Crippen LogP contribution in [0.3, 0.4) is 0 Å². The second kappa shape index (κ2) is 13.1. The molecule has 57 heavy (non-hydrogen) atoms. The predicted molar refractivity (Wildman–Crippen MR) is 236 cm³/mol. The van der Waals surface area contributed by atoms with Gasteiger partial charge in [0.2, 0.25) is 0 Å². The summed E-state index contributed by atoms with van der Waals surface area (Å²) in [4.78, 5) is 10.1. The van der Waals surface area contributed by atoms with E-state index in [1.807, 2.05) is 24.3 Å². The third-order valence-corrected chi connectivity index (χ3v) is 13.3. The van der Waals surface area contributed by atoms with Crippen LogP contribution >= 0.6 is 0 Å². The summed E-state index contributed by atoms with van der Waals surface area (Å²) < 4.78 is 0. The molecule has 0 aliphatic heterocycles. The first-order valence-electron chi connectivity index (χ1n) is 20.6. The lowest BCUT2D eigenvalue weighted by Crippen LogP contribution is -2.28. The highest BCUT2D eigenvalue weighted by atomic mass is 14.9. The van der Waals surface area contributed by atoms with E-state index in [2.05, 4.69) is 159 Å². The van der Waals surface area contributed by atoms with Gasteiger partial charge in [0.1, 0.15) is 0 Å². The Hall–Kier alpha value is -6.38. The average Bonchev–Trinajstić information content (AvgIpc) is 3.66. The molecule has 1 saturated carbocycles. The zero-order valence-electron chi connectivity index (χ0n) is 32.6. The van der Waals surface area contributed by atoms with Crippen molar-refractivity contribution in [3.8, 4) is 78.4 Å². The Morgan fingerprint density at radius 2 is 0.860 bits per heavy atom. The molecule has 0 radical (unpaired) electrons. The maximum Gasteiger partial charge on any atom is 0.160 e. The van der Waals surface area contributed by atoms with Gasteiger partial charge in [-0.05, 0) is 116 Å². The molecular formula is C55H44N2. The molecule has 8 aromatic rings. The minimum absolute atomic E-state index is 0.104. The van der Waals surface area contributed by atoms with Crippen LogP contribution in [0.25, 0.3) is 78.4 Å². The molecule has 2 heteroatoms. The molecule has 0 amide bonds. The summed E-state index contributed by atoms with van der Waals surface area (Å²) in [6.45, 7) is 4.85. The molecule has 1 heterocycles. The SMILES string of the molecule is CC1(C)c2cc(-c3cccc(-c4cccc(-c5cc(-c6ccccc6)nc(-c6ccccc6)n5)c4)c3)ccc2-c2cc3c(cc21)-c1ccccc1C31CCCCC1. The second-order valence-electron chi connectivity index (χ2n) is 16.9. The molecule has 2 nitrogen and oxygen atoms in total. The van der Waals surface area contributed by atoms with Gasteiger partial charge < -0.3 is 0 Å². The topological polar surface area (TPSA) is 25.8 Å². The number of fused-ring (bicyclic) bond motifs is 8. The zero-order valence-corrected chi connectivity index (χ0v) is 32.6. The summed E-state index contributed by atoms with van der Waals surface area (Å²) in [7, 11) is 0. The fraction of sp³-hybridized carbons (Fsp3) is 0.164. The van der Waals surface area contributed by atoms with E-state index in [4.69, 9.17) is 9.97 Å². The highest BCUT2D eigenvalue weighted by Gasteiger charge is 2.46. The number of rotatable bonds is 5. The van der Waals surface area contributed by atoms with E-state index in [1.165, 1.54) is 82.2 Å². The summed E-state index contributed by atoms with van der Waals surface area (Å²) in [6.07, 6.45) is 6.48. The maximum atomic E-state index is 5.11. The minimum atomic E-state index is -0.104. The molecule has 1 aromatic heterocycles. The molecular weight excluding hydrogens is 689 g/mol. The number of aromatic nitrogens is 2. The van der Waals surface area contributed by atoms with Crippen LogP contribution in [0.1, 0.15) is 68.2 Å². The summed E-state index contributed by atoms with van der Waals surface area (Å²) in [5.41, 5.74) is 21.6. The van der Waals surface area contributed by atoms with Crippen molar-refractivity contribution in [2.45, 2.75) is 56.8 Å². The largest absolute Gasteiger partial charge is 0.228 e. The second-order valence-corrected chi connectivity index (χ2v) is 16.9. The lowest BCUT2D eigenvalue weighted by molar-refractivity contribution is 0.353. The van der Waals surface area contributed by atoms with Crippen molar-refractivity contribution in [3.05, 3.63) is 192 Å². The van der Waals surface area contributed by atoms with Gasteiger partial charge in [-0.2, -0.15) is 0 Å². The summed E-state index contributed by atoms with van der Waals surface area (Å²) in [5.74, 6) is 0.726. The minimum Gasteiger partial charge on any atom is -0.228 e. The Labute approximate surface area is 336 Å². The fourth-order valence-corrected chi connectivity index (χ4v) is 10.4. The highest BCUT2D eigenvalue weighted by molar-refractivity contribution is 5.91. The van der Waals surface area contributed by atoms with E-state index >= 15 is 0 Å². The average molecular weight is 733 g/mol. The lowest BCUT2D eigenvalue weighted by Gasteiger charge is -2.36. The third-order valence-electron chi connectivity index (χ3n) is 13.3. The Balaban J connectivity index is 0.958. The first-order valence-corrected chi connectivity index (χ1v) is 20.6. The maximum absolute atomic E-state index is 5.11. The van der Waals surface area contributed by atoms with Gasteiger partial charge in [-0.3, -0.25) is 0 Å². The van der Waals surface area contributed by atoms with Crippen molar-refractivity contribution in [1.29, 1.82) is 0 Å². The fourth-order valence-electron chi connectivity index (χ4n) is 10.4. The van der Waals surface area contributed by atoms with Crippen LogP contribution in [0.5, 0.6) is 0 Å². The predicted octanol–water partition coefficient (Wildman–Crippen LogP) is 14.3. The first kappa shape index (κ1) is 33.9. The molecule has 0 bridgehead atoms. The quantitative estimate of drug-likeness (QED) is 0.176. The Morgan fingerprint density at radius 1 is 0.351 bits per heavy atom. The molecule has 0 unspecified atom stereocenters. The smallest absolute Gasteiger partial charge is 0.160 e. The Kier molecular flexibility index (Phi) is 7.80. The molecule has 0 N–H and O–H groups in total. The van der Waals surface area contributed by atoms with Gasteiger partial charge in [-0.25, -0.2) is 9.97 Å². The number of hydrogen-bond donors (Lipinski definition) is 0. The van der Waals surface area contributed by atoms with Crippen LogP contribution in [-0.4, -0.2) is 9.97 Å². The van der Waals surface area contributed by atoms with Crippen LogP contribution in [0.4, 0.5) is 0 Å². The number of hydrogen-bond acceptors (Lipinski definition) is 2. The summed E-state index contributed by atoms with van der Waals surface area (Å²) in [6, 6.07) is 62.2. The van der Waals surface area contributed by atoms with E-state index in [0.29, 0.717) is 0 Å². The van der Waals surface area contributed by atoms with Crippen LogP contribution in [-0.2, 0) is 10.8 Å². The van der Waals surface area contributed by atoms with Gasteiger partial charge in [0.25, 0.3) is 0 Å². The zero-order chi connectivity index (χ0) is 38.1. The molecule has 0 saturated heterocycles. The van der Waals surface area contributed by atoms with Crippen molar-refractivity contribution < 1.29 is 0 Å². The third kappa shape index (κ3) is 5.46. The van der Waals surface area contributed by atoms with Crippen LogP contribution in [0, 0.1) is 0 Å². The standard InChI is InChI=1S/C55H44N2/c1-54(2)48-32-41(26-27-44(48)45-34-50-46(33-49(45)54)43-24-10-11-25-47(43)55(50)28-12-5-13-29-55)39-21-14-20-38(30-39)40-22-15-23-42(31-40)52-35-51(36-16-6-3-7-17-36)56-53(57-52)37-18-8-4-9-19-37/h3-4,6-11,14-27,30-35H,5,12-13,28-29H2,1-2H3. The van der Waals surface area contributed by atoms with Gasteiger partial charge >= 0.3 is 0 Å². The van der Waals surface area contributed by atoms with Gasteiger partial charge in [-0.1, -0.05) is 167 Å². The summed E-state index contributed by atoms with van der Waals surface area (Å²) >= 11 is 0. The van der Waals surface area contributed by atoms with Crippen molar-refractivity contribution in [1.82, 2.24) is 9.97 Å². The lowest BCUT2D eigenvalue weighted by atomic mass is 9.67. The molecule has 3 aliphatic carbocycles. The van der Waals surface area contributed by atoms with Gasteiger partial charge in [-0.15, -0.1) is 0 Å². The highest BCUT2D eigenvalue weighted by Crippen LogP contribution is 2.60. The van der Waals surface area contributed by atoms with Crippen molar-refractivity contribution in [2.24, 2.45) is 0 Å². The van der Waals surface area contributed by atoms with Crippen LogP contribution in [0.2, 0.25) is 0 Å². The molecule has 0 atom stereocenters. The summed E-state index contributed by atoms with van der Waals surface area (Å²) in [5, 5.41) is 0. The number of benzene rings is 7. The monoisotopic (exact) mass is 732 g/mol. The number of nitrogens with zero attached hydrogens (tertiary/aromatic N) is 2. The van der Waals surface area contributed by atoms with Crippen molar-refractivity contribution in [3.63, 3.8) is 0 Å². The van der Waals surface area contributed by atoms with Crippen molar-refractivity contribution >= 4 is 0 Å². The van der Waals surface area contributed by atoms with E-state index < -0.39 is 0 Å². The van der Waals surface area contributed by atoms with E-state index in [9.17, 15) is 0 Å². The normalized spacial score (nSPS) is 15.5. The van der Waals surface area contributed by atoms with E-state index in [1.54, 1.807) is 11.1 Å².